The van der Waals surface area contributed by atoms with Crippen molar-refractivity contribution in [2.24, 2.45) is 5.73 Å². The highest BCUT2D eigenvalue weighted by Gasteiger charge is 2.12. The zero-order valence-corrected chi connectivity index (χ0v) is 18.9. The van der Waals surface area contributed by atoms with E-state index in [1.165, 1.54) is 6.07 Å². The Morgan fingerprint density at radius 3 is 2.82 bits per heavy atom. The lowest BCUT2D eigenvalue weighted by Gasteiger charge is -2.09. The topological polar surface area (TPSA) is 96.7 Å². The minimum atomic E-state index is -0.411. The van der Waals surface area contributed by atoms with E-state index >= 15 is 0 Å². The number of hydrogen-bond donors (Lipinski definition) is 3. The highest BCUT2D eigenvalue weighted by molar-refractivity contribution is 6.35. The summed E-state index contributed by atoms with van der Waals surface area (Å²) in [5.74, 6) is -0.716. The van der Waals surface area contributed by atoms with Crippen molar-refractivity contribution < 1.29 is 9.18 Å². The molecule has 5 rings (SSSR count). The van der Waals surface area contributed by atoms with Crippen LogP contribution in [0.2, 0.25) is 5.02 Å². The Labute approximate surface area is 200 Å². The average molecular weight is 474 g/mol. The Hall–Kier alpha value is -3.81. The molecule has 3 aromatic heterocycles. The van der Waals surface area contributed by atoms with Crippen LogP contribution in [0.1, 0.15) is 32.9 Å². The number of fused-ring (bicyclic) bond motifs is 2. The second-order valence-electron chi connectivity index (χ2n) is 8.05. The summed E-state index contributed by atoms with van der Waals surface area (Å²) in [6.45, 7) is 0.444. The molecule has 170 valence electrons. The summed E-state index contributed by atoms with van der Waals surface area (Å²) in [6, 6.07) is 16.3. The summed E-state index contributed by atoms with van der Waals surface area (Å²) in [7, 11) is 0. The molecule has 0 atom stereocenters. The van der Waals surface area contributed by atoms with Crippen LogP contribution in [0.15, 0.2) is 67.0 Å². The van der Waals surface area contributed by atoms with Crippen LogP contribution >= 0.6 is 11.6 Å². The Balaban J connectivity index is 1.30. The van der Waals surface area contributed by atoms with Gasteiger partial charge in [-0.3, -0.25) is 14.8 Å². The van der Waals surface area contributed by atoms with Crippen molar-refractivity contribution in [3.63, 3.8) is 0 Å². The molecule has 0 aliphatic rings. The van der Waals surface area contributed by atoms with E-state index in [1.54, 1.807) is 30.6 Å². The second-order valence-corrected chi connectivity index (χ2v) is 8.46. The lowest BCUT2D eigenvalue weighted by molar-refractivity contribution is 0.0950. The molecular weight excluding hydrogens is 453 g/mol. The molecule has 2 aromatic carbocycles. The number of amides is 1. The van der Waals surface area contributed by atoms with Crippen LogP contribution in [-0.4, -0.2) is 20.9 Å². The standard InChI is InChI=1S/C26H21ClFN5O/c27-22-14-31-25-11-23(28)18(10-21(22)25)13-32-26(34)17-5-6-30-20(9-17)8-15-1-4-24-16(7-15)2-3-19(12-29)33-24/h1-7,9-11,14,31H,8,12-13,29H2,(H,32,34). The van der Waals surface area contributed by atoms with Crippen LogP contribution in [-0.2, 0) is 19.5 Å². The minimum Gasteiger partial charge on any atom is -0.360 e. The number of nitrogens with one attached hydrogen (secondary N) is 2. The van der Waals surface area contributed by atoms with E-state index in [4.69, 9.17) is 17.3 Å². The summed E-state index contributed by atoms with van der Waals surface area (Å²) in [6.07, 6.45) is 3.77. The first-order chi connectivity index (χ1) is 16.5. The zero-order chi connectivity index (χ0) is 23.7. The van der Waals surface area contributed by atoms with Gasteiger partial charge in [-0.2, -0.15) is 0 Å². The molecule has 1 amide bonds. The van der Waals surface area contributed by atoms with E-state index in [0.717, 1.165) is 27.9 Å². The first kappa shape index (κ1) is 22.0. The molecule has 0 aliphatic heterocycles. The monoisotopic (exact) mass is 473 g/mol. The summed E-state index contributed by atoms with van der Waals surface area (Å²) < 4.78 is 14.4. The molecule has 0 bridgehead atoms. The molecule has 0 aliphatic carbocycles. The van der Waals surface area contributed by atoms with Gasteiger partial charge in [0.2, 0.25) is 0 Å². The van der Waals surface area contributed by atoms with E-state index < -0.39 is 5.82 Å². The molecule has 6 nitrogen and oxygen atoms in total. The molecule has 8 heteroatoms. The van der Waals surface area contributed by atoms with Crippen LogP contribution in [0.25, 0.3) is 21.8 Å². The zero-order valence-electron chi connectivity index (χ0n) is 18.1. The summed E-state index contributed by atoms with van der Waals surface area (Å²) >= 11 is 6.13. The predicted octanol–water partition coefficient (Wildman–Crippen LogP) is 4.88. The average Bonchev–Trinajstić information content (AvgIpc) is 3.21. The normalized spacial score (nSPS) is 11.3. The number of H-pyrrole nitrogens is 1. The number of nitrogens with two attached hydrogens (primary N) is 1. The van der Waals surface area contributed by atoms with Crippen molar-refractivity contribution >= 4 is 39.3 Å². The van der Waals surface area contributed by atoms with E-state index in [0.29, 0.717) is 40.0 Å². The van der Waals surface area contributed by atoms with Gasteiger partial charge in [-0.1, -0.05) is 23.7 Å². The van der Waals surface area contributed by atoms with E-state index in [1.807, 2.05) is 24.3 Å². The fraction of sp³-hybridized carbons (Fsp3) is 0.115. The number of pyridine rings is 2. The third-order valence-electron chi connectivity index (χ3n) is 5.72. The fourth-order valence-corrected chi connectivity index (χ4v) is 4.14. The number of hydrogen-bond acceptors (Lipinski definition) is 4. The molecular formula is C26H21ClFN5O. The van der Waals surface area contributed by atoms with E-state index in [9.17, 15) is 9.18 Å². The van der Waals surface area contributed by atoms with Gasteiger partial charge in [0.1, 0.15) is 5.82 Å². The van der Waals surface area contributed by atoms with Crippen molar-refractivity contribution in [1.29, 1.82) is 0 Å². The maximum Gasteiger partial charge on any atom is 0.251 e. The lowest BCUT2D eigenvalue weighted by atomic mass is 10.0. The van der Waals surface area contributed by atoms with Crippen molar-refractivity contribution in [1.82, 2.24) is 20.3 Å². The van der Waals surface area contributed by atoms with Crippen LogP contribution in [0.3, 0.4) is 0 Å². The Morgan fingerprint density at radius 1 is 1.09 bits per heavy atom. The maximum absolute atomic E-state index is 14.4. The molecule has 4 N–H and O–H groups in total. The largest absolute Gasteiger partial charge is 0.360 e. The van der Waals surface area contributed by atoms with Crippen molar-refractivity contribution in [2.75, 3.05) is 0 Å². The maximum atomic E-state index is 14.4. The van der Waals surface area contributed by atoms with Crippen LogP contribution in [0, 0.1) is 5.82 Å². The third-order valence-corrected chi connectivity index (χ3v) is 6.03. The van der Waals surface area contributed by atoms with E-state index in [-0.39, 0.29) is 12.5 Å². The van der Waals surface area contributed by atoms with Gasteiger partial charge in [0.25, 0.3) is 5.91 Å². The quantitative estimate of drug-likeness (QED) is 0.327. The minimum absolute atomic E-state index is 0.0439. The Bertz CT molecular complexity index is 1530. The number of carbonyl (C=O) groups excluding carboxylic acids is 1. The predicted molar refractivity (Wildman–Crippen MR) is 131 cm³/mol. The Kier molecular flexibility index (Phi) is 5.96. The van der Waals surface area contributed by atoms with Gasteiger partial charge in [0.05, 0.1) is 16.2 Å². The number of rotatable bonds is 6. The van der Waals surface area contributed by atoms with Gasteiger partial charge in [-0.05, 0) is 48.0 Å². The fourth-order valence-electron chi connectivity index (χ4n) is 3.93. The molecule has 0 saturated heterocycles. The first-order valence-corrected chi connectivity index (χ1v) is 11.1. The smallest absolute Gasteiger partial charge is 0.251 e. The van der Waals surface area contributed by atoms with Crippen LogP contribution in [0.5, 0.6) is 0 Å². The van der Waals surface area contributed by atoms with Gasteiger partial charge in [0, 0.05) is 65.0 Å². The van der Waals surface area contributed by atoms with Gasteiger partial charge in [-0.25, -0.2) is 4.39 Å². The van der Waals surface area contributed by atoms with Crippen LogP contribution < -0.4 is 11.1 Å². The molecule has 34 heavy (non-hydrogen) atoms. The van der Waals surface area contributed by atoms with Crippen molar-refractivity contribution in [3.05, 3.63) is 106 Å². The van der Waals surface area contributed by atoms with E-state index in [2.05, 4.69) is 26.3 Å². The molecule has 3 heterocycles. The number of benzene rings is 2. The number of aromatic nitrogens is 3. The van der Waals surface area contributed by atoms with Crippen molar-refractivity contribution in [2.45, 2.75) is 19.5 Å². The summed E-state index contributed by atoms with van der Waals surface area (Å²) in [4.78, 5) is 24.6. The number of aromatic amines is 1. The molecule has 0 fully saturated rings. The van der Waals surface area contributed by atoms with Gasteiger partial charge in [0.15, 0.2) is 0 Å². The molecule has 0 spiro atoms. The van der Waals surface area contributed by atoms with Gasteiger partial charge in [-0.15, -0.1) is 0 Å². The highest BCUT2D eigenvalue weighted by atomic mass is 35.5. The SMILES string of the molecule is NCc1ccc2cc(Cc3cc(C(=O)NCc4cc5c(Cl)c[nH]c5cc4F)ccn3)ccc2n1. The van der Waals surface area contributed by atoms with Crippen LogP contribution in [0.4, 0.5) is 4.39 Å². The first-order valence-electron chi connectivity index (χ1n) is 10.8. The number of carbonyl (C=O) groups is 1. The second kappa shape index (κ2) is 9.21. The molecule has 0 radical (unpaired) electrons. The molecule has 5 aromatic rings. The van der Waals surface area contributed by atoms with Gasteiger partial charge < -0.3 is 16.0 Å². The Morgan fingerprint density at radius 2 is 1.97 bits per heavy atom. The summed E-state index contributed by atoms with van der Waals surface area (Å²) in [5.41, 5.74) is 10.6. The van der Waals surface area contributed by atoms with Crippen molar-refractivity contribution in [3.8, 4) is 0 Å². The lowest BCUT2D eigenvalue weighted by Crippen LogP contribution is -2.23. The molecule has 0 saturated carbocycles. The highest BCUT2D eigenvalue weighted by Crippen LogP contribution is 2.26. The summed E-state index contributed by atoms with van der Waals surface area (Å²) in [5, 5.41) is 5.02. The third kappa shape index (κ3) is 4.48. The number of nitrogens with zero attached hydrogens (tertiary/aromatic N) is 2. The van der Waals surface area contributed by atoms with Gasteiger partial charge >= 0.3 is 0 Å². The number of halogens is 2. The molecule has 0 unspecified atom stereocenters.